The molecule has 168 valence electrons. The van der Waals surface area contributed by atoms with E-state index in [0.29, 0.717) is 17.9 Å². The summed E-state index contributed by atoms with van der Waals surface area (Å²) in [6.07, 6.45) is 0.0977. The van der Waals surface area contributed by atoms with E-state index in [4.69, 9.17) is 14.2 Å². The molecule has 0 unspecified atom stereocenters. The normalized spacial score (nSPS) is 18.6. The zero-order chi connectivity index (χ0) is 22.7. The Morgan fingerprint density at radius 1 is 1.06 bits per heavy atom. The number of hydrogen-bond donors (Lipinski definition) is 1. The maximum Gasteiger partial charge on any atom is 0.138 e. The third kappa shape index (κ3) is 4.85. The fourth-order valence-corrected chi connectivity index (χ4v) is 5.01. The lowest BCUT2D eigenvalue weighted by Crippen LogP contribution is -2.31. The standard InChI is InChI=1S/C25H25FO5S/c1-29-22-13-23(30-2)21(24-12-18(28)11-19(14-27)31-24)10-16(22)9-20-7-8-25(32-20)15-3-5-17(26)6-4-15/h3-8,10,13,19,24,27H,9,11-12,14H2,1-2H3/t19-,24+/m0/s1. The highest BCUT2D eigenvalue weighted by molar-refractivity contribution is 7.15. The summed E-state index contributed by atoms with van der Waals surface area (Å²) in [5.41, 5.74) is 2.68. The summed E-state index contributed by atoms with van der Waals surface area (Å²) in [5.74, 6) is 1.07. The highest BCUT2D eigenvalue weighted by Crippen LogP contribution is 2.40. The quantitative estimate of drug-likeness (QED) is 0.545. The highest BCUT2D eigenvalue weighted by atomic mass is 32.1. The average Bonchev–Trinajstić information content (AvgIpc) is 3.27. The molecule has 1 fully saturated rings. The Morgan fingerprint density at radius 3 is 2.50 bits per heavy atom. The molecule has 32 heavy (non-hydrogen) atoms. The minimum absolute atomic E-state index is 0.0573. The molecular formula is C25H25FO5S. The van der Waals surface area contributed by atoms with Gasteiger partial charge in [-0.25, -0.2) is 4.39 Å². The number of rotatable bonds is 7. The van der Waals surface area contributed by atoms with Crippen LogP contribution in [0.25, 0.3) is 10.4 Å². The fourth-order valence-electron chi connectivity index (χ4n) is 3.97. The van der Waals surface area contributed by atoms with Crippen LogP contribution in [0.15, 0.2) is 48.5 Å². The van der Waals surface area contributed by atoms with E-state index in [0.717, 1.165) is 26.4 Å². The second kappa shape index (κ2) is 9.81. The van der Waals surface area contributed by atoms with E-state index in [-0.39, 0.29) is 31.0 Å². The van der Waals surface area contributed by atoms with Crippen molar-refractivity contribution < 1.29 is 28.5 Å². The molecule has 1 saturated heterocycles. The van der Waals surface area contributed by atoms with Gasteiger partial charge in [0.2, 0.25) is 0 Å². The molecule has 1 N–H and O–H groups in total. The minimum atomic E-state index is -0.507. The van der Waals surface area contributed by atoms with Crippen LogP contribution in [-0.2, 0) is 16.0 Å². The van der Waals surface area contributed by atoms with Gasteiger partial charge in [-0.05, 0) is 41.5 Å². The third-order valence-corrected chi connectivity index (χ3v) is 6.70. The Kier molecular flexibility index (Phi) is 6.89. The maximum atomic E-state index is 13.2. The largest absolute Gasteiger partial charge is 0.496 e. The number of carbonyl (C=O) groups excluding carboxylic acids is 1. The first kappa shape index (κ1) is 22.5. The monoisotopic (exact) mass is 456 g/mol. The number of halogens is 1. The van der Waals surface area contributed by atoms with Crippen molar-refractivity contribution in [3.8, 4) is 21.9 Å². The molecule has 3 aromatic rings. The van der Waals surface area contributed by atoms with Gasteiger partial charge < -0.3 is 19.3 Å². The van der Waals surface area contributed by atoms with Gasteiger partial charge in [0.25, 0.3) is 0 Å². The molecule has 2 aromatic carbocycles. The molecule has 0 amide bonds. The average molecular weight is 457 g/mol. The van der Waals surface area contributed by atoms with Gasteiger partial charge in [0.15, 0.2) is 0 Å². The van der Waals surface area contributed by atoms with Crippen molar-refractivity contribution in [2.45, 2.75) is 31.5 Å². The number of Topliss-reactive ketones (excluding diaryl/α,β-unsaturated/α-hetero) is 1. The van der Waals surface area contributed by atoms with E-state index in [1.165, 1.54) is 12.1 Å². The summed E-state index contributed by atoms with van der Waals surface area (Å²) in [5, 5.41) is 9.50. The molecule has 7 heteroatoms. The number of carbonyl (C=O) groups is 1. The molecule has 0 aliphatic carbocycles. The SMILES string of the molecule is COc1cc(OC)c([C@H]2CC(=O)C[C@@H](CO)O2)cc1Cc1ccc(-c2ccc(F)cc2)s1. The first-order valence-electron chi connectivity index (χ1n) is 10.4. The Labute approximate surface area is 190 Å². The predicted octanol–water partition coefficient (Wildman–Crippen LogP) is 4.94. The molecule has 1 aliphatic rings. The summed E-state index contributed by atoms with van der Waals surface area (Å²) < 4.78 is 30.4. The lowest BCUT2D eigenvalue weighted by Gasteiger charge is -2.30. The van der Waals surface area contributed by atoms with E-state index in [1.54, 1.807) is 37.7 Å². The van der Waals surface area contributed by atoms with Gasteiger partial charge in [-0.3, -0.25) is 4.79 Å². The van der Waals surface area contributed by atoms with E-state index in [2.05, 4.69) is 6.07 Å². The number of hydrogen-bond acceptors (Lipinski definition) is 6. The molecule has 0 radical (unpaired) electrons. The molecule has 5 nitrogen and oxygen atoms in total. The minimum Gasteiger partial charge on any atom is -0.496 e. The molecule has 0 saturated carbocycles. The van der Waals surface area contributed by atoms with Crippen LogP contribution in [0.3, 0.4) is 0 Å². The Bertz CT molecular complexity index is 1090. The lowest BCUT2D eigenvalue weighted by atomic mass is 9.94. The first-order chi connectivity index (χ1) is 15.5. The number of aliphatic hydroxyl groups is 1. The highest BCUT2D eigenvalue weighted by Gasteiger charge is 2.31. The summed E-state index contributed by atoms with van der Waals surface area (Å²) in [7, 11) is 3.18. The van der Waals surface area contributed by atoms with Crippen molar-refractivity contribution in [3.63, 3.8) is 0 Å². The van der Waals surface area contributed by atoms with Gasteiger partial charge in [-0.2, -0.15) is 0 Å². The van der Waals surface area contributed by atoms with Gasteiger partial charge in [-0.15, -0.1) is 11.3 Å². The number of ketones is 1. The zero-order valence-corrected chi connectivity index (χ0v) is 18.8. The third-order valence-electron chi connectivity index (χ3n) is 5.56. The van der Waals surface area contributed by atoms with Gasteiger partial charge in [0.1, 0.15) is 23.1 Å². The van der Waals surface area contributed by atoms with E-state index < -0.39 is 12.2 Å². The number of aliphatic hydroxyl groups excluding tert-OH is 1. The molecule has 2 atom stereocenters. The van der Waals surface area contributed by atoms with Crippen LogP contribution in [0.4, 0.5) is 4.39 Å². The van der Waals surface area contributed by atoms with E-state index in [1.807, 2.05) is 18.2 Å². The smallest absolute Gasteiger partial charge is 0.138 e. The van der Waals surface area contributed by atoms with Crippen molar-refractivity contribution in [2.75, 3.05) is 20.8 Å². The summed E-state index contributed by atoms with van der Waals surface area (Å²) in [4.78, 5) is 14.4. The van der Waals surface area contributed by atoms with Crippen LogP contribution in [0.2, 0.25) is 0 Å². The molecule has 2 heterocycles. The summed E-state index contributed by atoms with van der Waals surface area (Å²) >= 11 is 1.63. The topological polar surface area (TPSA) is 65.0 Å². The number of ether oxygens (including phenoxy) is 3. The van der Waals surface area contributed by atoms with Gasteiger partial charge in [0, 0.05) is 40.6 Å². The van der Waals surface area contributed by atoms with Crippen molar-refractivity contribution in [2.24, 2.45) is 0 Å². The zero-order valence-electron chi connectivity index (χ0n) is 18.0. The number of methoxy groups -OCH3 is 2. The van der Waals surface area contributed by atoms with Crippen LogP contribution in [0.5, 0.6) is 11.5 Å². The lowest BCUT2D eigenvalue weighted by molar-refractivity contribution is -0.139. The Morgan fingerprint density at radius 2 is 1.81 bits per heavy atom. The first-order valence-corrected chi connectivity index (χ1v) is 11.2. The Balaban J connectivity index is 1.64. The number of thiophene rings is 1. The van der Waals surface area contributed by atoms with Crippen molar-refractivity contribution in [3.05, 3.63) is 70.4 Å². The van der Waals surface area contributed by atoms with Crippen LogP contribution in [0.1, 0.15) is 34.9 Å². The van der Waals surface area contributed by atoms with Crippen LogP contribution in [-0.4, -0.2) is 37.8 Å². The van der Waals surface area contributed by atoms with Crippen molar-refractivity contribution in [1.29, 1.82) is 0 Å². The number of benzene rings is 2. The molecule has 4 rings (SSSR count). The summed E-state index contributed by atoms with van der Waals surface area (Å²) in [6, 6.07) is 14.3. The Hall–Kier alpha value is -2.74. The van der Waals surface area contributed by atoms with Crippen molar-refractivity contribution >= 4 is 17.1 Å². The second-order valence-electron chi connectivity index (χ2n) is 7.73. The predicted molar refractivity (Wildman–Crippen MR) is 121 cm³/mol. The van der Waals surface area contributed by atoms with Crippen molar-refractivity contribution in [1.82, 2.24) is 0 Å². The van der Waals surface area contributed by atoms with Gasteiger partial charge >= 0.3 is 0 Å². The fraction of sp³-hybridized carbons (Fsp3) is 0.320. The molecule has 1 aliphatic heterocycles. The van der Waals surface area contributed by atoms with Crippen LogP contribution >= 0.6 is 11.3 Å². The van der Waals surface area contributed by atoms with E-state index >= 15 is 0 Å². The van der Waals surface area contributed by atoms with Gasteiger partial charge in [-0.1, -0.05) is 12.1 Å². The maximum absolute atomic E-state index is 13.2. The second-order valence-corrected chi connectivity index (χ2v) is 8.90. The van der Waals surface area contributed by atoms with E-state index in [9.17, 15) is 14.3 Å². The summed E-state index contributed by atoms with van der Waals surface area (Å²) in [6.45, 7) is -0.199. The molecule has 1 aromatic heterocycles. The molecule has 0 spiro atoms. The van der Waals surface area contributed by atoms with Crippen LogP contribution < -0.4 is 9.47 Å². The molecule has 0 bridgehead atoms. The molecular weight excluding hydrogens is 431 g/mol. The van der Waals surface area contributed by atoms with Crippen LogP contribution in [0, 0.1) is 5.82 Å². The van der Waals surface area contributed by atoms with Gasteiger partial charge in [0.05, 0.1) is 33.0 Å².